The van der Waals surface area contributed by atoms with Gasteiger partial charge in [-0.05, 0) is 43.2 Å². The third-order valence-corrected chi connectivity index (χ3v) is 5.65. The van der Waals surface area contributed by atoms with Crippen LogP contribution in [0.3, 0.4) is 0 Å². The minimum Gasteiger partial charge on any atom is -0.465 e. The van der Waals surface area contributed by atoms with E-state index >= 15 is 0 Å². The lowest BCUT2D eigenvalue weighted by atomic mass is 10.0. The molecule has 0 radical (unpaired) electrons. The van der Waals surface area contributed by atoms with E-state index in [1.807, 2.05) is 44.2 Å². The van der Waals surface area contributed by atoms with Gasteiger partial charge in [-0.2, -0.15) is 4.98 Å². The first kappa shape index (κ1) is 19.7. The zero-order valence-corrected chi connectivity index (χ0v) is 17.4. The number of nitrogens with one attached hydrogen (secondary N) is 1. The third kappa shape index (κ3) is 3.35. The summed E-state index contributed by atoms with van der Waals surface area (Å²) < 4.78 is 7.11. The van der Waals surface area contributed by atoms with Gasteiger partial charge in [0.15, 0.2) is 0 Å². The topological polar surface area (TPSA) is 126 Å². The molecule has 2 N–H and O–H groups in total. The minimum absolute atomic E-state index is 0.104. The highest BCUT2D eigenvalue weighted by molar-refractivity contribution is 6.04. The van der Waals surface area contributed by atoms with Crippen molar-refractivity contribution < 1.29 is 19.2 Å². The highest BCUT2D eigenvalue weighted by atomic mass is 16.5. The molecule has 3 aromatic heterocycles. The summed E-state index contributed by atoms with van der Waals surface area (Å²) >= 11 is 0. The van der Waals surface area contributed by atoms with Gasteiger partial charge in [-0.25, -0.2) is 9.78 Å². The Kier molecular flexibility index (Phi) is 4.62. The van der Waals surface area contributed by atoms with Crippen molar-refractivity contribution in [1.82, 2.24) is 24.4 Å². The van der Waals surface area contributed by atoms with Crippen LogP contribution < -0.4 is 5.32 Å². The van der Waals surface area contributed by atoms with Crippen molar-refractivity contribution >= 4 is 23.3 Å². The largest absolute Gasteiger partial charge is 0.465 e. The quantitative estimate of drug-likeness (QED) is 0.506. The number of hydrogen-bond donors (Lipinski definition) is 2. The Balaban J connectivity index is 1.40. The molecule has 1 aliphatic rings. The molecule has 1 aromatic carbocycles. The van der Waals surface area contributed by atoms with Gasteiger partial charge in [-0.1, -0.05) is 17.3 Å². The van der Waals surface area contributed by atoms with Gasteiger partial charge in [0.25, 0.3) is 5.91 Å². The van der Waals surface area contributed by atoms with E-state index < -0.39 is 6.09 Å². The second-order valence-corrected chi connectivity index (χ2v) is 7.85. The number of nitrogens with zero attached hydrogens (tertiary/aromatic N) is 5. The van der Waals surface area contributed by atoms with E-state index in [2.05, 4.69) is 20.4 Å². The number of aryl methyl sites for hydroxylation is 2. The first-order chi connectivity index (χ1) is 15.4. The van der Waals surface area contributed by atoms with Crippen molar-refractivity contribution in [2.45, 2.75) is 19.8 Å². The number of rotatable bonds is 4. The molecule has 0 spiro atoms. The predicted molar refractivity (Wildman–Crippen MR) is 115 cm³/mol. The van der Waals surface area contributed by atoms with E-state index in [-0.39, 0.29) is 11.8 Å². The smallest absolute Gasteiger partial charge is 0.407 e. The summed E-state index contributed by atoms with van der Waals surface area (Å²) in [7, 11) is 0. The van der Waals surface area contributed by atoms with E-state index in [4.69, 9.17) is 9.63 Å². The Labute approximate surface area is 182 Å². The van der Waals surface area contributed by atoms with Gasteiger partial charge >= 0.3 is 6.09 Å². The number of carbonyl (C=O) groups excluding carboxylic acids is 1. The van der Waals surface area contributed by atoms with Crippen LogP contribution in [0.25, 0.3) is 17.0 Å². The van der Waals surface area contributed by atoms with Gasteiger partial charge in [-0.15, -0.1) is 0 Å². The van der Waals surface area contributed by atoms with E-state index in [1.165, 1.54) is 4.90 Å². The zero-order valence-electron chi connectivity index (χ0n) is 17.4. The number of pyridine rings is 1. The number of carboxylic acid groups (broad SMARTS) is 1. The Morgan fingerprint density at radius 1 is 1.19 bits per heavy atom. The van der Waals surface area contributed by atoms with Crippen molar-refractivity contribution in [2.75, 3.05) is 18.4 Å². The molecule has 2 amide bonds. The van der Waals surface area contributed by atoms with E-state index in [1.54, 1.807) is 16.8 Å². The van der Waals surface area contributed by atoms with Crippen LogP contribution in [0.4, 0.5) is 10.5 Å². The summed E-state index contributed by atoms with van der Waals surface area (Å²) in [6.45, 7) is 4.52. The molecule has 0 atom stereocenters. The monoisotopic (exact) mass is 432 g/mol. The van der Waals surface area contributed by atoms with Crippen LogP contribution in [-0.2, 0) is 0 Å². The van der Waals surface area contributed by atoms with Crippen LogP contribution in [0, 0.1) is 13.8 Å². The SMILES string of the molecule is Cc1cc(C)c(-c2noc(C3CN(C(=O)O)C3)n2)cc1NC(=O)c1cnc2ccccn12. The first-order valence-corrected chi connectivity index (χ1v) is 10.1. The number of carbonyl (C=O) groups is 2. The standard InChI is InChI=1S/C22H20N6O4/c1-12-7-13(2)16(24-20(29)17-9-23-18-5-3-4-6-28(17)18)8-15(12)19-25-21(32-26-19)14-10-27(11-14)22(30)31/h3-9,14H,10-11H2,1-2H3,(H,24,29)(H,30,31). The number of hydrogen-bond acceptors (Lipinski definition) is 6. The van der Waals surface area contributed by atoms with Crippen molar-refractivity contribution in [1.29, 1.82) is 0 Å². The molecule has 0 saturated carbocycles. The van der Waals surface area contributed by atoms with E-state index in [0.717, 1.165) is 16.7 Å². The lowest BCUT2D eigenvalue weighted by molar-refractivity contribution is 0.0958. The maximum atomic E-state index is 12.9. The molecule has 10 nitrogen and oxygen atoms in total. The number of amides is 2. The van der Waals surface area contributed by atoms with Crippen molar-refractivity contribution in [3.63, 3.8) is 0 Å². The first-order valence-electron chi connectivity index (χ1n) is 10.1. The van der Waals surface area contributed by atoms with Crippen LogP contribution in [0.2, 0.25) is 0 Å². The molecule has 10 heteroatoms. The fraction of sp³-hybridized carbons (Fsp3) is 0.227. The molecule has 162 valence electrons. The van der Waals surface area contributed by atoms with Crippen LogP contribution in [0.15, 0.2) is 47.2 Å². The molecule has 0 bridgehead atoms. The normalized spacial score (nSPS) is 13.9. The molecule has 32 heavy (non-hydrogen) atoms. The Hall–Kier alpha value is -4.21. The Bertz CT molecular complexity index is 1350. The fourth-order valence-electron chi connectivity index (χ4n) is 3.82. The maximum Gasteiger partial charge on any atom is 0.407 e. The van der Waals surface area contributed by atoms with Gasteiger partial charge in [-0.3, -0.25) is 9.20 Å². The third-order valence-electron chi connectivity index (χ3n) is 5.65. The van der Waals surface area contributed by atoms with Gasteiger partial charge in [0.05, 0.1) is 12.1 Å². The maximum absolute atomic E-state index is 12.9. The Morgan fingerprint density at radius 2 is 2.00 bits per heavy atom. The molecule has 1 fully saturated rings. The molecule has 4 aromatic rings. The summed E-state index contributed by atoms with van der Waals surface area (Å²) in [5.74, 6) is 0.427. The average molecular weight is 432 g/mol. The summed E-state index contributed by atoms with van der Waals surface area (Å²) in [4.78, 5) is 33.9. The molecule has 0 aliphatic carbocycles. The van der Waals surface area contributed by atoms with Gasteiger partial charge < -0.3 is 19.8 Å². The summed E-state index contributed by atoms with van der Waals surface area (Å²) in [6.07, 6.45) is 2.37. The molecular weight excluding hydrogens is 412 g/mol. The van der Waals surface area contributed by atoms with Crippen LogP contribution in [0.5, 0.6) is 0 Å². The minimum atomic E-state index is -0.957. The van der Waals surface area contributed by atoms with Crippen molar-refractivity contribution in [3.05, 3.63) is 65.4 Å². The number of anilines is 1. The lowest BCUT2D eigenvalue weighted by Crippen LogP contribution is -2.47. The molecule has 1 saturated heterocycles. The van der Waals surface area contributed by atoms with Gasteiger partial charge in [0.2, 0.25) is 11.7 Å². The van der Waals surface area contributed by atoms with Crippen LogP contribution in [0.1, 0.15) is 33.4 Å². The summed E-state index contributed by atoms with van der Waals surface area (Å²) in [5, 5.41) is 16.0. The van der Waals surface area contributed by atoms with Gasteiger partial charge in [0.1, 0.15) is 11.3 Å². The second kappa shape index (κ2) is 7.49. The molecule has 0 unspecified atom stereocenters. The van der Waals surface area contributed by atoms with Gasteiger partial charge in [0, 0.05) is 30.5 Å². The second-order valence-electron chi connectivity index (χ2n) is 7.85. The van der Waals surface area contributed by atoms with Crippen molar-refractivity contribution in [2.24, 2.45) is 0 Å². The molecule has 1 aliphatic heterocycles. The lowest BCUT2D eigenvalue weighted by Gasteiger charge is -2.34. The van der Waals surface area contributed by atoms with Crippen molar-refractivity contribution in [3.8, 4) is 11.4 Å². The molecular formula is C22H20N6O4. The highest BCUT2D eigenvalue weighted by Gasteiger charge is 2.35. The Morgan fingerprint density at radius 3 is 2.78 bits per heavy atom. The van der Waals surface area contributed by atoms with Crippen LogP contribution >= 0.6 is 0 Å². The molecule has 5 rings (SSSR count). The summed E-state index contributed by atoms with van der Waals surface area (Å²) in [6, 6.07) is 9.31. The number of aromatic nitrogens is 4. The number of likely N-dealkylation sites (tertiary alicyclic amines) is 1. The van der Waals surface area contributed by atoms with E-state index in [0.29, 0.717) is 41.8 Å². The predicted octanol–water partition coefficient (Wildman–Crippen LogP) is 3.33. The highest BCUT2D eigenvalue weighted by Crippen LogP contribution is 2.31. The number of imidazole rings is 1. The van der Waals surface area contributed by atoms with Crippen LogP contribution in [-0.4, -0.2) is 54.6 Å². The molecule has 4 heterocycles. The number of fused-ring (bicyclic) bond motifs is 1. The zero-order chi connectivity index (χ0) is 22.4. The average Bonchev–Trinajstić information content (AvgIpc) is 3.36. The fourth-order valence-corrected chi connectivity index (χ4v) is 3.82. The summed E-state index contributed by atoms with van der Waals surface area (Å²) in [5.41, 5.74) is 4.31. The number of benzene rings is 1. The van der Waals surface area contributed by atoms with E-state index in [9.17, 15) is 9.59 Å².